The van der Waals surface area contributed by atoms with E-state index in [-0.39, 0.29) is 11.2 Å². The van der Waals surface area contributed by atoms with Gasteiger partial charge in [-0.25, -0.2) is 0 Å². The Morgan fingerprint density at radius 2 is 1.75 bits per heavy atom. The maximum atomic E-state index is 11.2. The number of halogens is 1. The van der Waals surface area contributed by atoms with E-state index in [9.17, 15) is 4.79 Å². The van der Waals surface area contributed by atoms with Crippen molar-refractivity contribution in [3.63, 3.8) is 0 Å². The molecule has 0 aromatic carbocycles. The van der Waals surface area contributed by atoms with Crippen LogP contribution in [0.15, 0.2) is 11.6 Å². The Bertz CT molecular complexity index is 200. The lowest BCUT2D eigenvalue weighted by Crippen LogP contribution is -2.30. The fourth-order valence-electron chi connectivity index (χ4n) is 0.695. The Morgan fingerprint density at radius 3 is 2.00 bits per heavy atom. The minimum atomic E-state index is -0.459. The van der Waals surface area contributed by atoms with Gasteiger partial charge in [0.05, 0.1) is 5.38 Å². The number of hydrogen-bond acceptors (Lipinski definition) is 1. The highest BCUT2D eigenvalue weighted by Gasteiger charge is 2.30. The molecular formula is C10H17ClO. The number of hydrogen-bond donors (Lipinski definition) is 0. The minimum Gasteiger partial charge on any atom is -0.299 e. The van der Waals surface area contributed by atoms with E-state index in [1.807, 2.05) is 33.8 Å². The molecule has 0 fully saturated rings. The van der Waals surface area contributed by atoms with Gasteiger partial charge in [0, 0.05) is 5.41 Å². The van der Waals surface area contributed by atoms with Crippen LogP contribution in [0.2, 0.25) is 0 Å². The zero-order valence-corrected chi connectivity index (χ0v) is 9.20. The van der Waals surface area contributed by atoms with Crippen LogP contribution >= 0.6 is 11.6 Å². The molecule has 1 unspecified atom stereocenters. The number of Topliss-reactive ketones (excluding diaryl/α,β-unsaturated/α-hetero) is 1. The molecule has 0 rings (SSSR count). The van der Waals surface area contributed by atoms with Crippen LogP contribution in [0, 0.1) is 5.41 Å². The van der Waals surface area contributed by atoms with Gasteiger partial charge in [-0.3, -0.25) is 4.79 Å². The summed E-state index contributed by atoms with van der Waals surface area (Å²) in [6.45, 7) is 9.27. The van der Waals surface area contributed by atoms with Crippen LogP contribution in [0.25, 0.3) is 0 Å². The average molecular weight is 189 g/mol. The molecule has 0 saturated heterocycles. The molecule has 0 aliphatic rings. The third-order valence-corrected chi connectivity index (χ3v) is 2.75. The van der Waals surface area contributed by atoms with Gasteiger partial charge in [-0.05, 0) is 20.8 Å². The fraction of sp³-hybridized carbons (Fsp3) is 0.700. The zero-order valence-electron chi connectivity index (χ0n) is 8.44. The number of allylic oxidation sites excluding steroid dienone is 2. The summed E-state index contributed by atoms with van der Waals surface area (Å²) in [6, 6.07) is 0. The van der Waals surface area contributed by atoms with Gasteiger partial charge < -0.3 is 0 Å². The normalized spacial score (nSPS) is 13.8. The number of carbonyl (C=O) groups excluding carboxylic acids is 1. The van der Waals surface area contributed by atoms with E-state index in [0.29, 0.717) is 0 Å². The summed E-state index contributed by atoms with van der Waals surface area (Å²) in [7, 11) is 0. The van der Waals surface area contributed by atoms with Gasteiger partial charge in [-0.15, -0.1) is 11.6 Å². The first-order valence-corrected chi connectivity index (χ1v) is 4.52. The Hall–Kier alpha value is -0.300. The van der Waals surface area contributed by atoms with Gasteiger partial charge in [0.25, 0.3) is 0 Å². The van der Waals surface area contributed by atoms with Crippen LogP contribution < -0.4 is 0 Å². The molecule has 1 nitrogen and oxygen atoms in total. The Kier molecular flexibility index (Phi) is 3.98. The van der Waals surface area contributed by atoms with Crippen molar-refractivity contribution in [3.05, 3.63) is 11.6 Å². The van der Waals surface area contributed by atoms with Gasteiger partial charge in [-0.2, -0.15) is 0 Å². The van der Waals surface area contributed by atoms with E-state index in [2.05, 4.69) is 0 Å². The first kappa shape index (κ1) is 11.7. The van der Waals surface area contributed by atoms with E-state index in [1.165, 1.54) is 0 Å². The average Bonchev–Trinajstić information content (AvgIpc) is 1.85. The van der Waals surface area contributed by atoms with Crippen molar-refractivity contribution in [2.75, 3.05) is 0 Å². The number of carbonyl (C=O) groups is 1. The van der Waals surface area contributed by atoms with E-state index in [4.69, 9.17) is 11.6 Å². The van der Waals surface area contributed by atoms with Gasteiger partial charge >= 0.3 is 0 Å². The molecule has 12 heavy (non-hydrogen) atoms. The topological polar surface area (TPSA) is 17.1 Å². The standard InChI is InChI=1S/C10H17ClO/c1-7(2)6-9(11)10(4,5)8(3)12/h6,9H,1-5H3. The third kappa shape index (κ3) is 2.98. The lowest BCUT2D eigenvalue weighted by atomic mass is 9.84. The quantitative estimate of drug-likeness (QED) is 0.491. The summed E-state index contributed by atoms with van der Waals surface area (Å²) in [4.78, 5) is 11.2. The summed E-state index contributed by atoms with van der Waals surface area (Å²) in [5.41, 5.74) is 0.683. The van der Waals surface area contributed by atoms with Crippen molar-refractivity contribution >= 4 is 17.4 Å². The second kappa shape index (κ2) is 4.08. The Labute approximate surface area is 79.8 Å². The monoisotopic (exact) mass is 188 g/mol. The second-order valence-corrected chi connectivity index (χ2v) is 4.39. The molecule has 1 atom stereocenters. The smallest absolute Gasteiger partial charge is 0.137 e. The summed E-state index contributed by atoms with van der Waals surface area (Å²) < 4.78 is 0. The number of alkyl halides is 1. The van der Waals surface area contributed by atoms with Crippen LogP contribution in [0.1, 0.15) is 34.6 Å². The maximum Gasteiger partial charge on any atom is 0.137 e. The molecule has 0 bridgehead atoms. The van der Waals surface area contributed by atoms with Crippen LogP contribution in [0.5, 0.6) is 0 Å². The molecule has 0 aliphatic carbocycles. The van der Waals surface area contributed by atoms with Crippen molar-refractivity contribution in [2.24, 2.45) is 5.41 Å². The highest BCUT2D eigenvalue weighted by molar-refractivity contribution is 6.24. The molecule has 0 saturated carbocycles. The van der Waals surface area contributed by atoms with E-state index >= 15 is 0 Å². The molecule has 70 valence electrons. The van der Waals surface area contributed by atoms with Gasteiger partial charge in [0.2, 0.25) is 0 Å². The van der Waals surface area contributed by atoms with Crippen LogP contribution in [0.4, 0.5) is 0 Å². The SMILES string of the molecule is CC(=O)C(C)(C)C(Cl)C=C(C)C. The Morgan fingerprint density at radius 1 is 1.33 bits per heavy atom. The van der Waals surface area contributed by atoms with Crippen LogP contribution in [0.3, 0.4) is 0 Å². The first-order chi connectivity index (χ1) is 5.28. The van der Waals surface area contributed by atoms with Crippen LogP contribution in [-0.4, -0.2) is 11.2 Å². The van der Waals surface area contributed by atoms with Crippen molar-refractivity contribution in [2.45, 2.75) is 40.0 Å². The van der Waals surface area contributed by atoms with Crippen molar-refractivity contribution in [1.29, 1.82) is 0 Å². The molecule has 0 aromatic rings. The molecule has 0 aromatic heterocycles. The summed E-state index contributed by atoms with van der Waals surface area (Å²) in [5, 5.41) is -0.208. The fourth-order valence-corrected chi connectivity index (χ4v) is 1.10. The van der Waals surface area contributed by atoms with Crippen LogP contribution in [-0.2, 0) is 4.79 Å². The predicted octanol–water partition coefficient (Wildman–Crippen LogP) is 3.18. The molecule has 0 aliphatic heterocycles. The first-order valence-electron chi connectivity index (χ1n) is 4.08. The zero-order chi connectivity index (χ0) is 9.94. The van der Waals surface area contributed by atoms with Gasteiger partial charge in [0.1, 0.15) is 5.78 Å². The lowest BCUT2D eigenvalue weighted by molar-refractivity contribution is -0.124. The maximum absolute atomic E-state index is 11.2. The molecule has 0 spiro atoms. The third-order valence-electron chi connectivity index (χ3n) is 2.08. The van der Waals surface area contributed by atoms with Gasteiger partial charge in [-0.1, -0.05) is 25.5 Å². The largest absolute Gasteiger partial charge is 0.299 e. The molecule has 0 radical (unpaired) electrons. The predicted molar refractivity (Wildman–Crippen MR) is 53.5 cm³/mol. The minimum absolute atomic E-state index is 0.125. The highest BCUT2D eigenvalue weighted by atomic mass is 35.5. The van der Waals surface area contributed by atoms with E-state index in [1.54, 1.807) is 6.92 Å². The lowest BCUT2D eigenvalue weighted by Gasteiger charge is -2.24. The summed E-state index contributed by atoms with van der Waals surface area (Å²) >= 11 is 6.07. The number of rotatable bonds is 3. The molecular weight excluding hydrogens is 172 g/mol. The second-order valence-electron chi connectivity index (χ2n) is 3.92. The summed E-state index contributed by atoms with van der Waals surface area (Å²) in [6.07, 6.45) is 1.92. The molecule has 2 heteroatoms. The molecule has 0 N–H and O–H groups in total. The van der Waals surface area contributed by atoms with E-state index in [0.717, 1.165) is 5.57 Å². The van der Waals surface area contributed by atoms with Crippen molar-refractivity contribution < 1.29 is 4.79 Å². The van der Waals surface area contributed by atoms with Crippen molar-refractivity contribution in [1.82, 2.24) is 0 Å². The van der Waals surface area contributed by atoms with E-state index < -0.39 is 5.41 Å². The number of ketones is 1. The molecule has 0 heterocycles. The highest BCUT2D eigenvalue weighted by Crippen LogP contribution is 2.28. The van der Waals surface area contributed by atoms with Gasteiger partial charge in [0.15, 0.2) is 0 Å². The molecule has 0 amide bonds. The van der Waals surface area contributed by atoms with Crippen molar-refractivity contribution in [3.8, 4) is 0 Å². The summed E-state index contributed by atoms with van der Waals surface area (Å²) in [5.74, 6) is 0.125. The Balaban J connectivity index is 4.57.